The monoisotopic (exact) mass is 241 g/mol. The van der Waals surface area contributed by atoms with Crippen LogP contribution in [0.15, 0.2) is 29.2 Å². The largest absolute Gasteiger partial charge is 0.374 e. The SMILES string of the molecule is NS(=O)(=O)c1ccc([C@@H]2CCCCO2)cc1. The molecule has 5 heteroatoms. The van der Waals surface area contributed by atoms with Gasteiger partial charge in [0, 0.05) is 6.61 Å². The maximum absolute atomic E-state index is 11.1. The molecule has 1 saturated heterocycles. The predicted octanol–water partition coefficient (Wildman–Crippen LogP) is 1.58. The zero-order chi connectivity index (χ0) is 11.6. The zero-order valence-corrected chi connectivity index (χ0v) is 9.74. The minimum atomic E-state index is -3.59. The van der Waals surface area contributed by atoms with Gasteiger partial charge in [-0.05, 0) is 37.0 Å². The van der Waals surface area contributed by atoms with Crippen molar-refractivity contribution in [3.63, 3.8) is 0 Å². The molecule has 0 aromatic heterocycles. The molecule has 1 heterocycles. The number of rotatable bonds is 2. The summed E-state index contributed by atoms with van der Waals surface area (Å²) in [6.07, 6.45) is 3.35. The molecule has 2 rings (SSSR count). The Balaban J connectivity index is 2.18. The maximum atomic E-state index is 11.1. The van der Waals surface area contributed by atoms with E-state index in [2.05, 4.69) is 0 Å². The van der Waals surface area contributed by atoms with Crippen molar-refractivity contribution in [3.8, 4) is 0 Å². The fourth-order valence-corrected chi connectivity index (χ4v) is 2.39. The van der Waals surface area contributed by atoms with E-state index in [1.165, 1.54) is 12.1 Å². The van der Waals surface area contributed by atoms with Crippen LogP contribution in [0.4, 0.5) is 0 Å². The van der Waals surface area contributed by atoms with Gasteiger partial charge in [-0.2, -0.15) is 0 Å². The summed E-state index contributed by atoms with van der Waals surface area (Å²) in [7, 11) is -3.59. The van der Waals surface area contributed by atoms with Crippen molar-refractivity contribution in [2.45, 2.75) is 30.3 Å². The molecule has 0 unspecified atom stereocenters. The maximum Gasteiger partial charge on any atom is 0.238 e. The van der Waals surface area contributed by atoms with Crippen LogP contribution in [0.1, 0.15) is 30.9 Å². The molecule has 1 aromatic rings. The van der Waals surface area contributed by atoms with Gasteiger partial charge in [0.05, 0.1) is 11.0 Å². The standard InChI is InChI=1S/C11H15NO3S/c12-16(13,14)10-6-4-9(5-7-10)11-3-1-2-8-15-11/h4-7,11H,1-3,8H2,(H2,12,13,14)/t11-/m0/s1. The van der Waals surface area contributed by atoms with Crippen molar-refractivity contribution < 1.29 is 13.2 Å². The predicted molar refractivity (Wildman–Crippen MR) is 60.4 cm³/mol. The second kappa shape index (κ2) is 4.53. The van der Waals surface area contributed by atoms with Crippen LogP contribution in [-0.4, -0.2) is 15.0 Å². The Morgan fingerprint density at radius 2 is 1.88 bits per heavy atom. The van der Waals surface area contributed by atoms with Crippen molar-refractivity contribution in [2.24, 2.45) is 5.14 Å². The average Bonchev–Trinajstić information content (AvgIpc) is 2.29. The Morgan fingerprint density at radius 1 is 1.19 bits per heavy atom. The number of sulfonamides is 1. The Kier molecular flexibility index (Phi) is 3.28. The first-order valence-corrected chi connectivity index (χ1v) is 6.86. The highest BCUT2D eigenvalue weighted by molar-refractivity contribution is 7.89. The lowest BCUT2D eigenvalue weighted by molar-refractivity contribution is 0.0149. The van der Waals surface area contributed by atoms with Crippen LogP contribution in [0, 0.1) is 0 Å². The molecule has 2 N–H and O–H groups in total. The molecule has 0 amide bonds. The molecular formula is C11H15NO3S. The third kappa shape index (κ3) is 2.61. The summed E-state index contributed by atoms with van der Waals surface area (Å²) < 4.78 is 27.7. The van der Waals surface area contributed by atoms with E-state index in [0.29, 0.717) is 0 Å². The highest BCUT2D eigenvalue weighted by Crippen LogP contribution is 2.28. The second-order valence-corrected chi connectivity index (χ2v) is 5.53. The van der Waals surface area contributed by atoms with Crippen molar-refractivity contribution in [3.05, 3.63) is 29.8 Å². The van der Waals surface area contributed by atoms with Gasteiger partial charge in [0.15, 0.2) is 0 Å². The van der Waals surface area contributed by atoms with E-state index in [1.54, 1.807) is 12.1 Å². The normalized spacial score (nSPS) is 21.9. The van der Waals surface area contributed by atoms with Crippen LogP contribution >= 0.6 is 0 Å². The molecule has 16 heavy (non-hydrogen) atoms. The minimum absolute atomic E-state index is 0.100. The summed E-state index contributed by atoms with van der Waals surface area (Å²) in [5, 5.41) is 5.03. The molecule has 0 aliphatic carbocycles. The Hall–Kier alpha value is -0.910. The Morgan fingerprint density at radius 3 is 2.38 bits per heavy atom. The van der Waals surface area contributed by atoms with Gasteiger partial charge in [0.25, 0.3) is 0 Å². The molecule has 1 aromatic carbocycles. The van der Waals surface area contributed by atoms with E-state index < -0.39 is 10.0 Å². The molecular weight excluding hydrogens is 226 g/mol. The first-order valence-electron chi connectivity index (χ1n) is 5.32. The van der Waals surface area contributed by atoms with E-state index in [1.807, 2.05) is 0 Å². The van der Waals surface area contributed by atoms with Gasteiger partial charge in [-0.1, -0.05) is 12.1 Å². The van der Waals surface area contributed by atoms with Gasteiger partial charge in [0.1, 0.15) is 0 Å². The average molecular weight is 241 g/mol. The summed E-state index contributed by atoms with van der Waals surface area (Å²) in [6, 6.07) is 6.61. The molecule has 0 bridgehead atoms. The van der Waals surface area contributed by atoms with Crippen LogP contribution < -0.4 is 5.14 Å². The quantitative estimate of drug-likeness (QED) is 0.854. The van der Waals surface area contributed by atoms with Gasteiger partial charge < -0.3 is 4.74 Å². The summed E-state index contributed by atoms with van der Waals surface area (Å²) in [5.74, 6) is 0. The third-order valence-electron chi connectivity index (χ3n) is 2.76. The van der Waals surface area contributed by atoms with Gasteiger partial charge in [0.2, 0.25) is 10.0 Å². The highest BCUT2D eigenvalue weighted by atomic mass is 32.2. The van der Waals surface area contributed by atoms with E-state index in [-0.39, 0.29) is 11.0 Å². The van der Waals surface area contributed by atoms with E-state index in [0.717, 1.165) is 31.4 Å². The van der Waals surface area contributed by atoms with Crippen LogP contribution in [0.5, 0.6) is 0 Å². The van der Waals surface area contributed by atoms with E-state index >= 15 is 0 Å². The van der Waals surface area contributed by atoms with Crippen molar-refractivity contribution in [2.75, 3.05) is 6.61 Å². The second-order valence-electron chi connectivity index (χ2n) is 3.97. The number of hydrogen-bond donors (Lipinski definition) is 1. The zero-order valence-electron chi connectivity index (χ0n) is 8.93. The summed E-state index contributed by atoms with van der Waals surface area (Å²) in [5.41, 5.74) is 1.02. The Labute approximate surface area is 95.5 Å². The van der Waals surface area contributed by atoms with Gasteiger partial charge in [-0.3, -0.25) is 0 Å². The Bertz CT molecular complexity index is 447. The van der Waals surface area contributed by atoms with Crippen LogP contribution in [0.25, 0.3) is 0 Å². The number of ether oxygens (including phenoxy) is 1. The fraction of sp³-hybridized carbons (Fsp3) is 0.455. The van der Waals surface area contributed by atoms with Crippen LogP contribution in [0.2, 0.25) is 0 Å². The molecule has 0 spiro atoms. The van der Waals surface area contributed by atoms with Crippen molar-refractivity contribution in [1.29, 1.82) is 0 Å². The van der Waals surface area contributed by atoms with Crippen LogP contribution in [0.3, 0.4) is 0 Å². The third-order valence-corrected chi connectivity index (χ3v) is 3.69. The number of hydrogen-bond acceptors (Lipinski definition) is 3. The van der Waals surface area contributed by atoms with E-state index in [4.69, 9.17) is 9.88 Å². The van der Waals surface area contributed by atoms with E-state index in [9.17, 15) is 8.42 Å². The minimum Gasteiger partial charge on any atom is -0.374 e. The molecule has 88 valence electrons. The molecule has 0 saturated carbocycles. The van der Waals surface area contributed by atoms with Crippen molar-refractivity contribution >= 4 is 10.0 Å². The molecule has 1 fully saturated rings. The van der Waals surface area contributed by atoms with Crippen molar-refractivity contribution in [1.82, 2.24) is 0 Å². The number of nitrogens with two attached hydrogens (primary N) is 1. The summed E-state index contributed by atoms with van der Waals surface area (Å²) in [6.45, 7) is 0.779. The molecule has 1 atom stereocenters. The lowest BCUT2D eigenvalue weighted by Gasteiger charge is -2.22. The summed E-state index contributed by atoms with van der Waals surface area (Å²) >= 11 is 0. The smallest absolute Gasteiger partial charge is 0.238 e. The highest BCUT2D eigenvalue weighted by Gasteiger charge is 2.16. The molecule has 1 aliphatic rings. The lowest BCUT2D eigenvalue weighted by atomic mass is 10.0. The topological polar surface area (TPSA) is 69.4 Å². The molecule has 0 radical (unpaired) electrons. The van der Waals surface area contributed by atoms with Gasteiger partial charge >= 0.3 is 0 Å². The lowest BCUT2D eigenvalue weighted by Crippen LogP contribution is -2.13. The summed E-state index contributed by atoms with van der Waals surface area (Å²) in [4.78, 5) is 0.145. The van der Waals surface area contributed by atoms with Crippen LogP contribution in [-0.2, 0) is 14.8 Å². The molecule has 1 aliphatic heterocycles. The first kappa shape index (κ1) is 11.6. The fourth-order valence-electron chi connectivity index (χ4n) is 1.88. The first-order chi connectivity index (χ1) is 7.57. The van der Waals surface area contributed by atoms with Gasteiger partial charge in [-0.15, -0.1) is 0 Å². The number of benzene rings is 1. The van der Waals surface area contributed by atoms with Gasteiger partial charge in [-0.25, -0.2) is 13.6 Å². The number of primary sulfonamides is 1. The molecule has 4 nitrogen and oxygen atoms in total.